The summed E-state index contributed by atoms with van der Waals surface area (Å²) in [6, 6.07) is 13.7. The number of halogens is 1. The quantitative estimate of drug-likeness (QED) is 0.354. The molecule has 0 aliphatic carbocycles. The van der Waals surface area contributed by atoms with Crippen molar-refractivity contribution in [2.75, 3.05) is 36.5 Å². The van der Waals surface area contributed by atoms with Gasteiger partial charge in [0.1, 0.15) is 12.4 Å². The maximum Gasteiger partial charge on any atom is 0.318 e. The fourth-order valence-electron chi connectivity index (χ4n) is 6.44. The molecule has 0 spiro atoms. The molecule has 0 radical (unpaired) electrons. The van der Waals surface area contributed by atoms with Crippen LogP contribution in [0.4, 0.5) is 11.5 Å². The molecule has 2 atom stereocenters. The van der Waals surface area contributed by atoms with Gasteiger partial charge in [-0.2, -0.15) is 9.97 Å². The van der Waals surface area contributed by atoms with Gasteiger partial charge in [0.2, 0.25) is 0 Å². The highest BCUT2D eigenvalue weighted by Gasteiger charge is 2.31. The molecule has 1 unspecified atom stereocenters. The highest BCUT2D eigenvalue weighted by atomic mass is 35.5. The highest BCUT2D eigenvalue weighted by molar-refractivity contribution is 6.36. The van der Waals surface area contributed by atoms with Gasteiger partial charge in [0, 0.05) is 48.0 Å². The molecular weight excluding hydrogens is 510 g/mol. The van der Waals surface area contributed by atoms with Gasteiger partial charge in [-0.25, -0.2) is 4.98 Å². The Bertz CT molecular complexity index is 1520. The van der Waals surface area contributed by atoms with Crippen molar-refractivity contribution < 1.29 is 4.74 Å². The smallest absolute Gasteiger partial charge is 0.318 e. The Kier molecular flexibility index (Phi) is 6.32. The lowest BCUT2D eigenvalue weighted by Crippen LogP contribution is -2.43. The SMILES string of the molecule is C[C@@H]1Cn2cncc2CN1c1nc(OCC2CCCN2C)nc2c1CCN(c1cccc3cccc(Cl)c13)C2. The number of fused-ring (bicyclic) bond motifs is 3. The first-order chi connectivity index (χ1) is 19.0. The third kappa shape index (κ3) is 4.49. The molecule has 2 aromatic heterocycles. The summed E-state index contributed by atoms with van der Waals surface area (Å²) in [5.41, 5.74) is 4.62. The van der Waals surface area contributed by atoms with Crippen molar-refractivity contribution in [2.45, 2.75) is 57.9 Å². The number of likely N-dealkylation sites (N-methyl/N-ethyl adjacent to an activating group) is 1. The van der Waals surface area contributed by atoms with Crippen molar-refractivity contribution in [1.29, 1.82) is 0 Å². The van der Waals surface area contributed by atoms with Crippen molar-refractivity contribution in [3.8, 4) is 6.01 Å². The van der Waals surface area contributed by atoms with E-state index in [4.69, 9.17) is 26.3 Å². The van der Waals surface area contributed by atoms with E-state index in [0.29, 0.717) is 25.2 Å². The molecule has 7 rings (SSSR count). The molecule has 202 valence electrons. The van der Waals surface area contributed by atoms with Crippen LogP contribution in [0.15, 0.2) is 48.9 Å². The van der Waals surface area contributed by atoms with E-state index in [1.54, 1.807) is 0 Å². The first-order valence-electron chi connectivity index (χ1n) is 14.0. The van der Waals surface area contributed by atoms with Crippen molar-refractivity contribution in [2.24, 2.45) is 0 Å². The van der Waals surface area contributed by atoms with E-state index in [9.17, 15) is 0 Å². The Balaban J connectivity index is 1.26. The number of likely N-dealkylation sites (tertiary alicyclic amines) is 1. The van der Waals surface area contributed by atoms with Crippen molar-refractivity contribution in [3.05, 3.63) is 70.9 Å². The fourth-order valence-corrected chi connectivity index (χ4v) is 6.72. The number of hydrogen-bond donors (Lipinski definition) is 0. The number of ether oxygens (including phenoxy) is 1. The van der Waals surface area contributed by atoms with Crippen LogP contribution in [0, 0.1) is 0 Å². The van der Waals surface area contributed by atoms with E-state index in [-0.39, 0.29) is 6.04 Å². The Hall–Kier alpha value is -3.36. The second kappa shape index (κ2) is 9.99. The molecule has 3 aliphatic rings. The van der Waals surface area contributed by atoms with Crippen molar-refractivity contribution in [3.63, 3.8) is 0 Å². The average molecular weight is 544 g/mol. The van der Waals surface area contributed by atoms with Gasteiger partial charge in [-0.1, -0.05) is 35.9 Å². The molecule has 8 nitrogen and oxygen atoms in total. The maximum atomic E-state index is 6.71. The molecule has 2 aromatic carbocycles. The minimum atomic E-state index is 0.286. The van der Waals surface area contributed by atoms with Gasteiger partial charge >= 0.3 is 6.01 Å². The zero-order valence-electron chi connectivity index (χ0n) is 22.6. The minimum Gasteiger partial charge on any atom is -0.462 e. The van der Waals surface area contributed by atoms with Gasteiger partial charge in [0.25, 0.3) is 0 Å². The van der Waals surface area contributed by atoms with Crippen molar-refractivity contribution in [1.82, 2.24) is 24.4 Å². The van der Waals surface area contributed by atoms with Crippen LogP contribution in [-0.2, 0) is 26.1 Å². The Morgan fingerprint density at radius 3 is 2.79 bits per heavy atom. The third-order valence-electron chi connectivity index (χ3n) is 8.67. The molecule has 0 saturated carbocycles. The second-order valence-corrected chi connectivity index (χ2v) is 11.6. The van der Waals surface area contributed by atoms with Crippen LogP contribution in [0.25, 0.3) is 10.8 Å². The van der Waals surface area contributed by atoms with Crippen LogP contribution >= 0.6 is 11.6 Å². The van der Waals surface area contributed by atoms with Gasteiger partial charge in [-0.15, -0.1) is 0 Å². The normalized spacial score (nSPS) is 21.3. The predicted octanol–water partition coefficient (Wildman–Crippen LogP) is 4.92. The number of imidazole rings is 1. The molecule has 0 bridgehead atoms. The van der Waals surface area contributed by atoms with Gasteiger partial charge in [0.15, 0.2) is 0 Å². The zero-order chi connectivity index (χ0) is 26.5. The second-order valence-electron chi connectivity index (χ2n) is 11.1. The third-order valence-corrected chi connectivity index (χ3v) is 8.98. The summed E-state index contributed by atoms with van der Waals surface area (Å²) >= 11 is 6.71. The van der Waals surface area contributed by atoms with E-state index < -0.39 is 0 Å². The summed E-state index contributed by atoms with van der Waals surface area (Å²) in [5.74, 6) is 1.00. The lowest BCUT2D eigenvalue weighted by atomic mass is 10.0. The molecule has 1 fully saturated rings. The van der Waals surface area contributed by atoms with Crippen LogP contribution in [-0.4, -0.2) is 63.2 Å². The van der Waals surface area contributed by atoms with E-state index >= 15 is 0 Å². The Morgan fingerprint density at radius 1 is 1.08 bits per heavy atom. The fraction of sp³-hybridized carbons (Fsp3) is 0.433. The Morgan fingerprint density at radius 2 is 1.95 bits per heavy atom. The van der Waals surface area contributed by atoms with Gasteiger partial charge in [-0.3, -0.25) is 0 Å². The molecule has 0 N–H and O–H groups in total. The first-order valence-corrected chi connectivity index (χ1v) is 14.3. The molecule has 0 amide bonds. The number of anilines is 2. The summed E-state index contributed by atoms with van der Waals surface area (Å²) < 4.78 is 8.57. The molecule has 5 heterocycles. The first kappa shape index (κ1) is 24.7. The number of rotatable bonds is 5. The summed E-state index contributed by atoms with van der Waals surface area (Å²) in [6.07, 6.45) is 7.11. The molecule has 3 aliphatic heterocycles. The molecule has 9 heteroatoms. The van der Waals surface area contributed by atoms with Crippen LogP contribution in [0.2, 0.25) is 5.02 Å². The van der Waals surface area contributed by atoms with Gasteiger partial charge in [0.05, 0.1) is 35.8 Å². The molecule has 1 saturated heterocycles. The summed E-state index contributed by atoms with van der Waals surface area (Å²) in [6.45, 7) is 7.22. The average Bonchev–Trinajstić information content (AvgIpc) is 3.58. The van der Waals surface area contributed by atoms with Crippen LogP contribution in [0.1, 0.15) is 36.7 Å². The lowest BCUT2D eigenvalue weighted by molar-refractivity contribution is 0.187. The Labute approximate surface area is 234 Å². The summed E-state index contributed by atoms with van der Waals surface area (Å²) in [4.78, 5) is 21.7. The topological polar surface area (TPSA) is 62.6 Å². The van der Waals surface area contributed by atoms with Gasteiger partial charge in [-0.05, 0) is 57.3 Å². The largest absolute Gasteiger partial charge is 0.462 e. The van der Waals surface area contributed by atoms with E-state index in [2.05, 4.69) is 62.5 Å². The number of nitrogens with zero attached hydrogens (tertiary/aromatic N) is 7. The maximum absolute atomic E-state index is 6.71. The van der Waals surface area contributed by atoms with E-state index in [1.807, 2.05) is 24.7 Å². The molecule has 4 aromatic rings. The standard InChI is InChI=1S/C30H34ClN7O/c1-20-15-37-19-32-14-23(37)16-38(20)29-24-11-13-36(27-10-4-7-21-6-3-9-25(31)28(21)27)17-26(24)33-30(34-29)39-18-22-8-5-12-35(22)2/h3-4,6-7,9-10,14,19-20,22H,5,8,11-13,15-18H2,1-2H3/t20-,22?/m1/s1. The minimum absolute atomic E-state index is 0.286. The van der Waals surface area contributed by atoms with Crippen LogP contribution < -0.4 is 14.5 Å². The summed E-state index contributed by atoms with van der Waals surface area (Å²) in [5, 5.41) is 3.02. The predicted molar refractivity (Wildman–Crippen MR) is 155 cm³/mol. The van der Waals surface area contributed by atoms with Crippen LogP contribution in [0.3, 0.4) is 0 Å². The number of aromatic nitrogens is 4. The van der Waals surface area contributed by atoms with E-state index in [0.717, 1.165) is 72.0 Å². The monoisotopic (exact) mass is 543 g/mol. The van der Waals surface area contributed by atoms with Gasteiger partial charge < -0.3 is 24.0 Å². The zero-order valence-corrected chi connectivity index (χ0v) is 23.3. The molecule has 39 heavy (non-hydrogen) atoms. The van der Waals surface area contributed by atoms with Crippen molar-refractivity contribution >= 4 is 33.9 Å². The lowest BCUT2D eigenvalue weighted by Gasteiger charge is -2.38. The summed E-state index contributed by atoms with van der Waals surface area (Å²) in [7, 11) is 2.17. The molecular formula is C30H34ClN7O. The highest BCUT2D eigenvalue weighted by Crippen LogP contribution is 2.38. The number of benzene rings is 2. The van der Waals surface area contributed by atoms with Crippen LogP contribution in [0.5, 0.6) is 6.01 Å². The number of hydrogen-bond acceptors (Lipinski definition) is 7. The van der Waals surface area contributed by atoms with E-state index in [1.165, 1.54) is 17.7 Å².